The van der Waals surface area contributed by atoms with Crippen molar-refractivity contribution in [3.63, 3.8) is 0 Å². The van der Waals surface area contributed by atoms with Crippen LogP contribution >= 0.6 is 0 Å². The van der Waals surface area contributed by atoms with E-state index in [2.05, 4.69) is 15.6 Å². The first-order valence-corrected chi connectivity index (χ1v) is 16.1. The van der Waals surface area contributed by atoms with E-state index in [1.165, 1.54) is 0 Å². The lowest BCUT2D eigenvalue weighted by molar-refractivity contribution is -0.129. The smallest absolute Gasteiger partial charge is 0.436 e. The van der Waals surface area contributed by atoms with Crippen LogP contribution < -0.4 is 10.6 Å². The van der Waals surface area contributed by atoms with E-state index in [-0.39, 0.29) is 6.42 Å². The molecule has 1 heterocycles. The molecule has 3 aromatic rings. The molecule has 0 aliphatic carbocycles. The van der Waals surface area contributed by atoms with Gasteiger partial charge in [-0.3, -0.25) is 4.79 Å². The molecule has 0 saturated heterocycles. The summed E-state index contributed by atoms with van der Waals surface area (Å²) in [5.41, 5.74) is 2.70. The average Bonchev–Trinajstić information content (AvgIpc) is 3.42. The highest BCUT2D eigenvalue weighted by atomic mass is 28.4. The summed E-state index contributed by atoms with van der Waals surface area (Å²) in [6.45, 7) is 8.49. The zero-order valence-electron chi connectivity index (χ0n) is 24.2. The van der Waals surface area contributed by atoms with Gasteiger partial charge in [-0.1, -0.05) is 60.7 Å². The number of carbonyl (C=O) groups excluding carboxylic acids is 2. The fourth-order valence-corrected chi connectivity index (χ4v) is 6.96. The minimum absolute atomic E-state index is 0.141. The number of nitrogens with one attached hydrogen (secondary N) is 2. The monoisotopic (exact) mass is 582 g/mol. The molecule has 11 heteroatoms. The number of benzene rings is 2. The quantitative estimate of drug-likeness (QED) is 0.170. The Balaban J connectivity index is 1.61. The van der Waals surface area contributed by atoms with Gasteiger partial charge in [-0.2, -0.15) is 0 Å². The predicted octanol–water partition coefficient (Wildman–Crippen LogP) is 4.32. The van der Waals surface area contributed by atoms with Crippen LogP contribution in [0.1, 0.15) is 44.0 Å². The first-order chi connectivity index (χ1) is 20.0. The fourth-order valence-electron chi connectivity index (χ4n) is 4.34. The lowest BCUT2D eigenvalue weighted by Crippen LogP contribution is -2.47. The summed E-state index contributed by atoms with van der Waals surface area (Å²) in [6.07, 6.45) is 2.58. The Bertz CT molecular complexity index is 1160. The molecule has 0 spiro atoms. The van der Waals surface area contributed by atoms with E-state index >= 15 is 0 Å². The average molecular weight is 583 g/mol. The molecule has 1 aromatic heterocycles. The van der Waals surface area contributed by atoms with Crippen LogP contribution in [0, 0.1) is 0 Å². The zero-order chi connectivity index (χ0) is 29.3. The van der Waals surface area contributed by atoms with Crippen molar-refractivity contribution in [3.05, 3.63) is 90.0 Å². The Morgan fingerprint density at radius 2 is 1.49 bits per heavy atom. The molecule has 0 aliphatic rings. The van der Waals surface area contributed by atoms with Crippen LogP contribution in [0.25, 0.3) is 0 Å². The third-order valence-electron chi connectivity index (χ3n) is 6.16. The standard InChI is InChI=1S/C30H42N4O6Si/c1-4-37-41(38-5-2,39-6-3)19-13-18-31-29(35)28(40-30(36)32-21-25-14-9-7-10-15-25)20-27-23-34(24-33-27)22-26-16-11-8-12-17-26/h7-12,14-17,23-24,28H,4-6,13,18-22H2,1-3H3,(H,31,35)(H,32,36)/t28-/m0/s1. The number of imidazole rings is 1. The maximum absolute atomic E-state index is 13.2. The first kappa shape index (κ1) is 32.0. The Hall–Kier alpha value is -3.51. The van der Waals surface area contributed by atoms with Crippen LogP contribution in [0.5, 0.6) is 0 Å². The fraction of sp³-hybridized carbons (Fsp3) is 0.433. The van der Waals surface area contributed by atoms with Gasteiger partial charge in [-0.05, 0) is 38.3 Å². The third kappa shape index (κ3) is 11.1. The van der Waals surface area contributed by atoms with E-state index in [4.69, 9.17) is 18.0 Å². The molecule has 3 rings (SSSR count). The van der Waals surface area contributed by atoms with Gasteiger partial charge in [0, 0.05) is 58.1 Å². The summed E-state index contributed by atoms with van der Waals surface area (Å²) in [7, 11) is -2.81. The van der Waals surface area contributed by atoms with Crippen molar-refractivity contribution < 1.29 is 27.6 Å². The van der Waals surface area contributed by atoms with Crippen LogP contribution in [0.3, 0.4) is 0 Å². The summed E-state index contributed by atoms with van der Waals surface area (Å²) >= 11 is 0. The number of nitrogens with zero attached hydrogens (tertiary/aromatic N) is 2. The molecule has 0 aliphatic heterocycles. The molecular formula is C30H42N4O6Si. The first-order valence-electron chi connectivity index (χ1n) is 14.2. The van der Waals surface area contributed by atoms with E-state index in [9.17, 15) is 9.59 Å². The van der Waals surface area contributed by atoms with E-state index in [0.717, 1.165) is 11.1 Å². The van der Waals surface area contributed by atoms with Crippen LogP contribution in [-0.2, 0) is 42.3 Å². The van der Waals surface area contributed by atoms with Crippen molar-refractivity contribution in [2.45, 2.75) is 58.9 Å². The number of rotatable bonds is 18. The minimum atomic E-state index is -2.81. The maximum atomic E-state index is 13.2. The van der Waals surface area contributed by atoms with Gasteiger partial charge in [0.2, 0.25) is 0 Å². The minimum Gasteiger partial charge on any atom is -0.436 e. The van der Waals surface area contributed by atoms with Gasteiger partial charge in [0.15, 0.2) is 6.10 Å². The maximum Gasteiger partial charge on any atom is 0.500 e. The predicted molar refractivity (Wildman–Crippen MR) is 158 cm³/mol. The summed E-state index contributed by atoms with van der Waals surface area (Å²) in [5, 5.41) is 5.63. The lowest BCUT2D eigenvalue weighted by Gasteiger charge is -2.28. The second kappa shape index (κ2) is 17.3. The van der Waals surface area contributed by atoms with Crippen LogP contribution in [0.4, 0.5) is 4.79 Å². The Morgan fingerprint density at radius 3 is 2.10 bits per heavy atom. The summed E-state index contributed by atoms with van der Waals surface area (Å²) in [6, 6.07) is 20.1. The largest absolute Gasteiger partial charge is 0.500 e. The molecule has 2 N–H and O–H groups in total. The van der Waals surface area contributed by atoms with Crippen molar-refractivity contribution >= 4 is 20.8 Å². The topological polar surface area (TPSA) is 113 Å². The molecule has 0 bridgehead atoms. The molecule has 0 unspecified atom stereocenters. The van der Waals surface area contributed by atoms with Crippen molar-refractivity contribution in [1.82, 2.24) is 20.2 Å². The Kier molecular flexibility index (Phi) is 13.5. The summed E-state index contributed by atoms with van der Waals surface area (Å²) in [5.74, 6) is -0.394. The molecule has 0 radical (unpaired) electrons. The third-order valence-corrected chi connectivity index (χ3v) is 9.31. The number of hydrogen-bond acceptors (Lipinski definition) is 7. The molecule has 2 amide bonds. The summed E-state index contributed by atoms with van der Waals surface area (Å²) in [4.78, 5) is 30.3. The molecular weight excluding hydrogens is 540 g/mol. The zero-order valence-corrected chi connectivity index (χ0v) is 25.2. The molecule has 222 valence electrons. The second-order valence-corrected chi connectivity index (χ2v) is 12.1. The molecule has 1 atom stereocenters. The number of alkyl carbamates (subject to hydrolysis) is 1. The highest BCUT2D eigenvalue weighted by molar-refractivity contribution is 6.60. The van der Waals surface area contributed by atoms with Gasteiger partial charge in [0.25, 0.3) is 5.91 Å². The summed E-state index contributed by atoms with van der Waals surface area (Å²) < 4.78 is 25.2. The number of hydrogen-bond donors (Lipinski definition) is 2. The number of aromatic nitrogens is 2. The van der Waals surface area contributed by atoms with Gasteiger partial charge < -0.3 is 33.2 Å². The van der Waals surface area contributed by atoms with Crippen LogP contribution in [0.15, 0.2) is 73.2 Å². The van der Waals surface area contributed by atoms with Gasteiger partial charge in [-0.25, -0.2) is 9.78 Å². The van der Waals surface area contributed by atoms with Crippen LogP contribution in [0.2, 0.25) is 6.04 Å². The Labute approximate surface area is 243 Å². The van der Waals surface area contributed by atoms with Gasteiger partial charge >= 0.3 is 14.9 Å². The highest BCUT2D eigenvalue weighted by Crippen LogP contribution is 2.18. The highest BCUT2D eigenvalue weighted by Gasteiger charge is 2.39. The lowest BCUT2D eigenvalue weighted by atomic mass is 10.2. The Morgan fingerprint density at radius 1 is 0.878 bits per heavy atom. The molecule has 41 heavy (non-hydrogen) atoms. The molecule has 0 fully saturated rings. The van der Waals surface area contributed by atoms with E-state index < -0.39 is 26.9 Å². The number of carbonyl (C=O) groups is 2. The van der Waals surface area contributed by atoms with E-state index in [1.807, 2.05) is 92.2 Å². The van der Waals surface area contributed by atoms with Gasteiger partial charge in [-0.15, -0.1) is 0 Å². The normalized spacial score (nSPS) is 12.1. The van der Waals surface area contributed by atoms with Crippen molar-refractivity contribution in [3.8, 4) is 0 Å². The second-order valence-electron chi connectivity index (χ2n) is 9.34. The molecule has 2 aromatic carbocycles. The van der Waals surface area contributed by atoms with Crippen molar-refractivity contribution in [1.29, 1.82) is 0 Å². The van der Waals surface area contributed by atoms with Crippen molar-refractivity contribution in [2.75, 3.05) is 26.4 Å². The number of ether oxygens (including phenoxy) is 1. The van der Waals surface area contributed by atoms with Crippen LogP contribution in [-0.4, -0.2) is 62.8 Å². The SMILES string of the molecule is CCO[Si](CCCNC(=O)[C@H](Cc1cn(Cc2ccccc2)cn1)OC(=O)NCc1ccccc1)(OCC)OCC. The van der Waals surface area contributed by atoms with Gasteiger partial charge in [0.05, 0.1) is 12.0 Å². The van der Waals surface area contributed by atoms with Crippen molar-refractivity contribution in [2.24, 2.45) is 0 Å². The molecule has 10 nitrogen and oxygen atoms in total. The van der Waals surface area contributed by atoms with E-state index in [0.29, 0.717) is 57.6 Å². The van der Waals surface area contributed by atoms with Gasteiger partial charge in [0.1, 0.15) is 0 Å². The molecule has 0 saturated carbocycles. The van der Waals surface area contributed by atoms with E-state index in [1.54, 1.807) is 6.33 Å². The number of amides is 2.